The number of nitrogens with zero attached hydrogens (tertiary/aromatic N) is 3. The first kappa shape index (κ1) is 13.0. The van der Waals surface area contributed by atoms with Gasteiger partial charge in [0.15, 0.2) is 5.03 Å². The lowest BCUT2D eigenvalue weighted by molar-refractivity contribution is 0.606. The summed E-state index contributed by atoms with van der Waals surface area (Å²) in [6, 6.07) is 5.68. The number of aromatic nitrogens is 3. The molecule has 0 N–H and O–H groups in total. The van der Waals surface area contributed by atoms with Crippen molar-refractivity contribution in [3.05, 3.63) is 41.6 Å². The summed E-state index contributed by atoms with van der Waals surface area (Å²) in [7, 11) is 1.47. The van der Waals surface area contributed by atoms with E-state index >= 15 is 0 Å². The fraction of sp³-hybridized carbons (Fsp3) is 0.273. The second-order valence-electron chi connectivity index (χ2n) is 3.96. The quantitative estimate of drug-likeness (QED) is 0.808. The molecule has 0 saturated carbocycles. The van der Waals surface area contributed by atoms with Crippen molar-refractivity contribution in [3.63, 3.8) is 0 Å². The largest absolute Gasteiger partial charge is 0.328 e. The molecule has 5 nitrogen and oxygen atoms in total. The zero-order valence-electron chi connectivity index (χ0n) is 9.96. The van der Waals surface area contributed by atoms with Crippen LogP contribution < -0.4 is 0 Å². The van der Waals surface area contributed by atoms with Crippen LogP contribution in [-0.4, -0.2) is 23.0 Å². The Bertz CT molecular complexity index is 679. The van der Waals surface area contributed by atoms with Gasteiger partial charge in [0, 0.05) is 22.6 Å². The summed E-state index contributed by atoms with van der Waals surface area (Å²) in [6.45, 7) is 4.09. The molecule has 0 spiro atoms. The molecular weight excluding hydrogens is 274 g/mol. The molecule has 0 radical (unpaired) electrons. The van der Waals surface area contributed by atoms with Crippen molar-refractivity contribution in [3.8, 4) is 0 Å². The first-order valence-electron chi connectivity index (χ1n) is 5.27. The van der Waals surface area contributed by atoms with E-state index in [1.54, 1.807) is 11.5 Å². The number of halogens is 1. The van der Waals surface area contributed by atoms with Gasteiger partial charge in [0.05, 0.1) is 12.2 Å². The van der Waals surface area contributed by atoms with Crippen LogP contribution in [0.2, 0.25) is 0 Å². The van der Waals surface area contributed by atoms with Crippen LogP contribution in [0.25, 0.3) is 0 Å². The summed E-state index contributed by atoms with van der Waals surface area (Å²) in [5, 5.41) is -0.130. The highest BCUT2D eigenvalue weighted by Crippen LogP contribution is 2.15. The summed E-state index contributed by atoms with van der Waals surface area (Å²) >= 11 is 0. The monoisotopic (exact) mass is 285 g/mol. The minimum atomic E-state index is -3.79. The summed E-state index contributed by atoms with van der Waals surface area (Å²) in [6.07, 6.45) is 1.42. The van der Waals surface area contributed by atoms with Gasteiger partial charge in [-0.15, -0.1) is 0 Å². The van der Waals surface area contributed by atoms with Gasteiger partial charge in [-0.05, 0) is 26.0 Å². The molecular formula is C11H12ClN3O2S. The number of hydrogen-bond donors (Lipinski definition) is 0. The van der Waals surface area contributed by atoms with Crippen molar-refractivity contribution in [1.29, 1.82) is 0 Å². The standard InChI is InChI=1S/C11H12ClN3O2S/c1-8-4-3-5-10(13-8)6-15-7-11(14-9(15)2)18(12,16)17/h3-5,7H,6H2,1-2H3. The van der Waals surface area contributed by atoms with E-state index in [9.17, 15) is 8.42 Å². The Kier molecular flexibility index (Phi) is 3.41. The molecule has 0 unspecified atom stereocenters. The summed E-state index contributed by atoms with van der Waals surface area (Å²) in [5.41, 5.74) is 1.75. The molecule has 0 amide bonds. The van der Waals surface area contributed by atoms with Crippen molar-refractivity contribution in [1.82, 2.24) is 14.5 Å². The van der Waals surface area contributed by atoms with Gasteiger partial charge in [-0.25, -0.2) is 13.4 Å². The van der Waals surface area contributed by atoms with Crippen molar-refractivity contribution < 1.29 is 8.42 Å². The van der Waals surface area contributed by atoms with Gasteiger partial charge < -0.3 is 4.57 Å². The molecule has 0 atom stereocenters. The van der Waals surface area contributed by atoms with Crippen LogP contribution in [0.4, 0.5) is 0 Å². The SMILES string of the molecule is Cc1cccc(Cn2cc(S(=O)(=O)Cl)nc2C)n1. The first-order valence-corrected chi connectivity index (χ1v) is 7.58. The van der Waals surface area contributed by atoms with Crippen LogP contribution in [0.5, 0.6) is 0 Å². The molecule has 0 aromatic carbocycles. The Morgan fingerprint density at radius 3 is 2.56 bits per heavy atom. The number of imidazole rings is 1. The summed E-state index contributed by atoms with van der Waals surface area (Å²) in [5.74, 6) is 0.581. The van der Waals surface area contributed by atoms with Crippen LogP contribution in [-0.2, 0) is 15.6 Å². The maximum absolute atomic E-state index is 11.2. The molecule has 0 fully saturated rings. The van der Waals surface area contributed by atoms with E-state index in [1.165, 1.54) is 6.20 Å². The fourth-order valence-electron chi connectivity index (χ4n) is 1.62. The Labute approximate surface area is 110 Å². The van der Waals surface area contributed by atoms with Gasteiger partial charge >= 0.3 is 0 Å². The lowest BCUT2D eigenvalue weighted by Crippen LogP contribution is -2.03. The summed E-state index contributed by atoms with van der Waals surface area (Å²) < 4.78 is 24.1. The third-order valence-electron chi connectivity index (χ3n) is 2.48. The van der Waals surface area contributed by atoms with Crippen LogP contribution in [0.3, 0.4) is 0 Å². The van der Waals surface area contributed by atoms with E-state index < -0.39 is 9.05 Å². The first-order chi connectivity index (χ1) is 8.36. The highest BCUT2D eigenvalue weighted by molar-refractivity contribution is 8.13. The van der Waals surface area contributed by atoms with E-state index in [1.807, 2.05) is 25.1 Å². The average Bonchev–Trinajstić information content (AvgIpc) is 2.60. The van der Waals surface area contributed by atoms with Crippen molar-refractivity contribution >= 4 is 19.7 Å². The van der Waals surface area contributed by atoms with E-state index in [4.69, 9.17) is 10.7 Å². The number of pyridine rings is 1. The van der Waals surface area contributed by atoms with E-state index in [0.29, 0.717) is 12.4 Å². The van der Waals surface area contributed by atoms with E-state index in [2.05, 4.69) is 9.97 Å². The van der Waals surface area contributed by atoms with Gasteiger partial charge in [0.25, 0.3) is 9.05 Å². The average molecular weight is 286 g/mol. The normalized spacial score (nSPS) is 11.7. The smallest absolute Gasteiger partial charge is 0.280 e. The number of aryl methyl sites for hydroxylation is 2. The van der Waals surface area contributed by atoms with Gasteiger partial charge in [0.1, 0.15) is 5.82 Å². The maximum atomic E-state index is 11.2. The van der Waals surface area contributed by atoms with Crippen molar-refractivity contribution in [2.75, 3.05) is 0 Å². The zero-order valence-corrected chi connectivity index (χ0v) is 11.5. The zero-order chi connectivity index (χ0) is 13.3. The topological polar surface area (TPSA) is 64.8 Å². The molecule has 2 aromatic rings. The lowest BCUT2D eigenvalue weighted by Gasteiger charge is -2.04. The second-order valence-corrected chi connectivity index (χ2v) is 6.48. The molecule has 2 aromatic heterocycles. The van der Waals surface area contributed by atoms with Crippen molar-refractivity contribution in [2.45, 2.75) is 25.4 Å². The van der Waals surface area contributed by atoms with Gasteiger partial charge in [-0.2, -0.15) is 0 Å². The van der Waals surface area contributed by atoms with Gasteiger partial charge in [0.2, 0.25) is 0 Å². The minimum Gasteiger partial charge on any atom is -0.328 e. The molecule has 2 rings (SSSR count). The highest BCUT2D eigenvalue weighted by Gasteiger charge is 2.16. The number of hydrogen-bond acceptors (Lipinski definition) is 4. The van der Waals surface area contributed by atoms with Crippen LogP contribution in [0.1, 0.15) is 17.2 Å². The third kappa shape index (κ3) is 2.88. The minimum absolute atomic E-state index is 0.130. The lowest BCUT2D eigenvalue weighted by atomic mass is 10.3. The molecule has 0 bridgehead atoms. The van der Waals surface area contributed by atoms with Gasteiger partial charge in [-0.3, -0.25) is 4.98 Å². The molecule has 0 aliphatic heterocycles. The molecule has 18 heavy (non-hydrogen) atoms. The maximum Gasteiger partial charge on any atom is 0.280 e. The molecule has 0 aliphatic rings. The molecule has 0 aliphatic carbocycles. The van der Waals surface area contributed by atoms with Crippen molar-refractivity contribution in [2.24, 2.45) is 0 Å². The molecule has 2 heterocycles. The predicted octanol–water partition coefficient (Wildman–Crippen LogP) is 1.87. The Hall–Kier alpha value is -1.40. The number of rotatable bonds is 3. The molecule has 7 heteroatoms. The van der Waals surface area contributed by atoms with Crippen LogP contribution >= 0.6 is 10.7 Å². The van der Waals surface area contributed by atoms with Gasteiger partial charge in [-0.1, -0.05) is 6.07 Å². The second kappa shape index (κ2) is 4.70. The fourth-order valence-corrected chi connectivity index (χ4v) is 2.34. The Morgan fingerprint density at radius 1 is 1.28 bits per heavy atom. The van der Waals surface area contributed by atoms with Crippen LogP contribution in [0.15, 0.2) is 29.4 Å². The van der Waals surface area contributed by atoms with Crippen LogP contribution in [0, 0.1) is 13.8 Å². The van der Waals surface area contributed by atoms with E-state index in [-0.39, 0.29) is 5.03 Å². The Balaban J connectivity index is 2.33. The van der Waals surface area contributed by atoms with E-state index in [0.717, 1.165) is 11.4 Å². The highest BCUT2D eigenvalue weighted by atomic mass is 35.7. The predicted molar refractivity (Wildman–Crippen MR) is 68.1 cm³/mol. The summed E-state index contributed by atoms with van der Waals surface area (Å²) in [4.78, 5) is 8.27. The molecule has 96 valence electrons. The third-order valence-corrected chi connectivity index (χ3v) is 3.65. The molecule has 0 saturated heterocycles. The Morgan fingerprint density at radius 2 is 2.00 bits per heavy atom.